The molecular formula is C7H8ClFO. The zero-order valence-electron chi connectivity index (χ0n) is 5.66. The van der Waals surface area contributed by atoms with Gasteiger partial charge in [-0.15, -0.1) is 0 Å². The molecule has 0 amide bonds. The minimum atomic E-state index is -0.609. The molecule has 0 aliphatic carbocycles. The van der Waals surface area contributed by atoms with E-state index in [9.17, 15) is 4.39 Å². The molecule has 0 saturated carbocycles. The predicted molar refractivity (Wildman–Crippen MR) is 40.3 cm³/mol. The van der Waals surface area contributed by atoms with E-state index in [1.807, 2.05) is 0 Å². The molecule has 10 heavy (non-hydrogen) atoms. The Balaban J connectivity index is 4.62. The standard InChI is InChI=1S/C7H8ClFO/c1-4-6(9)7(10-3)5(2)8/h4H,1-2H2,3H3/b7-6-. The third-order valence-electron chi connectivity index (χ3n) is 0.847. The van der Waals surface area contributed by atoms with Crippen LogP contribution in [0.25, 0.3) is 0 Å². The number of ether oxygens (including phenoxy) is 1. The zero-order chi connectivity index (χ0) is 8.15. The van der Waals surface area contributed by atoms with E-state index in [4.69, 9.17) is 11.6 Å². The molecule has 0 bridgehead atoms. The molecular weight excluding hydrogens is 155 g/mol. The Morgan fingerprint density at radius 2 is 2.20 bits per heavy atom. The van der Waals surface area contributed by atoms with E-state index in [0.717, 1.165) is 6.08 Å². The van der Waals surface area contributed by atoms with Gasteiger partial charge in [-0.1, -0.05) is 24.8 Å². The van der Waals surface area contributed by atoms with Gasteiger partial charge in [0.1, 0.15) is 0 Å². The van der Waals surface area contributed by atoms with Gasteiger partial charge in [0, 0.05) is 0 Å². The van der Waals surface area contributed by atoms with Crippen LogP contribution in [0.2, 0.25) is 0 Å². The second-order valence-electron chi connectivity index (χ2n) is 1.49. The van der Waals surface area contributed by atoms with Crippen LogP contribution in [0.15, 0.2) is 35.9 Å². The predicted octanol–water partition coefficient (Wildman–Crippen LogP) is 2.75. The number of hydrogen-bond donors (Lipinski definition) is 0. The van der Waals surface area contributed by atoms with Crippen LogP contribution in [-0.2, 0) is 4.74 Å². The lowest BCUT2D eigenvalue weighted by Gasteiger charge is -2.02. The van der Waals surface area contributed by atoms with Crippen LogP contribution in [0, 0.1) is 0 Å². The second kappa shape index (κ2) is 4.12. The molecule has 0 saturated heterocycles. The van der Waals surface area contributed by atoms with Crippen LogP contribution in [0.5, 0.6) is 0 Å². The van der Waals surface area contributed by atoms with Crippen LogP contribution in [0.4, 0.5) is 4.39 Å². The molecule has 0 N–H and O–H groups in total. The summed E-state index contributed by atoms with van der Waals surface area (Å²) in [6, 6.07) is 0. The topological polar surface area (TPSA) is 9.23 Å². The number of methoxy groups -OCH3 is 1. The van der Waals surface area contributed by atoms with Gasteiger partial charge in [0.15, 0.2) is 11.6 Å². The molecule has 0 spiro atoms. The van der Waals surface area contributed by atoms with Gasteiger partial charge in [-0.2, -0.15) is 0 Å². The molecule has 0 fully saturated rings. The molecule has 0 heterocycles. The number of halogens is 2. The first-order valence-corrected chi connectivity index (χ1v) is 2.92. The third kappa shape index (κ3) is 2.23. The normalized spacial score (nSPS) is 11.9. The maximum absolute atomic E-state index is 12.5. The SMILES string of the molecule is C=C/C(F)=C(/OC)C(=C)Cl. The maximum atomic E-state index is 12.5. The summed E-state index contributed by atoms with van der Waals surface area (Å²) in [4.78, 5) is 0. The molecule has 0 atom stereocenters. The molecule has 3 heteroatoms. The number of allylic oxidation sites excluding steroid dienone is 3. The van der Waals surface area contributed by atoms with Gasteiger partial charge in [-0.05, 0) is 6.08 Å². The average Bonchev–Trinajstić information content (AvgIpc) is 1.88. The van der Waals surface area contributed by atoms with Crippen LogP contribution in [-0.4, -0.2) is 7.11 Å². The van der Waals surface area contributed by atoms with Crippen LogP contribution in [0.3, 0.4) is 0 Å². The Morgan fingerprint density at radius 3 is 2.30 bits per heavy atom. The monoisotopic (exact) mass is 162 g/mol. The van der Waals surface area contributed by atoms with Crippen molar-refractivity contribution >= 4 is 11.6 Å². The van der Waals surface area contributed by atoms with Gasteiger partial charge >= 0.3 is 0 Å². The molecule has 0 aromatic heterocycles. The largest absolute Gasteiger partial charge is 0.492 e. The maximum Gasteiger partial charge on any atom is 0.172 e. The fraction of sp³-hybridized carbons (Fsp3) is 0.143. The van der Waals surface area contributed by atoms with Crippen molar-refractivity contribution in [2.45, 2.75) is 0 Å². The molecule has 1 nitrogen and oxygen atoms in total. The number of hydrogen-bond acceptors (Lipinski definition) is 1. The van der Waals surface area contributed by atoms with Crippen molar-refractivity contribution < 1.29 is 9.13 Å². The van der Waals surface area contributed by atoms with Crippen LogP contribution in [0.1, 0.15) is 0 Å². The Labute approximate surface area is 64.4 Å². The van der Waals surface area contributed by atoms with E-state index in [-0.39, 0.29) is 10.8 Å². The first kappa shape index (κ1) is 9.24. The summed E-state index contributed by atoms with van der Waals surface area (Å²) in [5, 5.41) is 0.0277. The summed E-state index contributed by atoms with van der Waals surface area (Å²) >= 11 is 5.35. The van der Waals surface area contributed by atoms with Crippen molar-refractivity contribution in [2.75, 3.05) is 7.11 Å². The van der Waals surface area contributed by atoms with Crippen molar-refractivity contribution in [1.29, 1.82) is 0 Å². The van der Waals surface area contributed by atoms with Gasteiger partial charge in [0.2, 0.25) is 0 Å². The Bertz CT molecular complexity index is 184. The van der Waals surface area contributed by atoms with E-state index < -0.39 is 5.83 Å². The Hall–Kier alpha value is -0.760. The molecule has 0 radical (unpaired) electrons. The van der Waals surface area contributed by atoms with E-state index in [1.54, 1.807) is 0 Å². The van der Waals surface area contributed by atoms with Gasteiger partial charge in [0.25, 0.3) is 0 Å². The lowest BCUT2D eigenvalue weighted by Crippen LogP contribution is -1.87. The second-order valence-corrected chi connectivity index (χ2v) is 1.95. The highest BCUT2D eigenvalue weighted by Gasteiger charge is 2.04. The summed E-state index contributed by atoms with van der Waals surface area (Å²) < 4.78 is 17.1. The zero-order valence-corrected chi connectivity index (χ0v) is 6.41. The summed E-state index contributed by atoms with van der Waals surface area (Å²) in [6.45, 7) is 6.49. The lowest BCUT2D eigenvalue weighted by molar-refractivity contribution is 0.291. The highest BCUT2D eigenvalue weighted by molar-refractivity contribution is 6.31. The summed E-state index contributed by atoms with van der Waals surface area (Å²) in [7, 11) is 1.31. The highest BCUT2D eigenvalue weighted by Crippen LogP contribution is 2.18. The van der Waals surface area contributed by atoms with Crippen molar-refractivity contribution in [3.63, 3.8) is 0 Å². The Morgan fingerprint density at radius 1 is 1.70 bits per heavy atom. The smallest absolute Gasteiger partial charge is 0.172 e. The fourth-order valence-corrected chi connectivity index (χ4v) is 0.598. The summed E-state index contributed by atoms with van der Waals surface area (Å²) in [6.07, 6.45) is 1.01. The third-order valence-corrected chi connectivity index (χ3v) is 1.02. The molecule has 0 aromatic rings. The molecule has 0 unspecified atom stereocenters. The molecule has 0 aromatic carbocycles. The summed E-state index contributed by atoms with van der Waals surface area (Å²) in [5.74, 6) is -0.681. The molecule has 0 aliphatic rings. The van der Waals surface area contributed by atoms with Crippen molar-refractivity contribution in [3.05, 3.63) is 35.9 Å². The summed E-state index contributed by atoms with van der Waals surface area (Å²) in [5.41, 5.74) is 0. The van der Waals surface area contributed by atoms with Crippen LogP contribution >= 0.6 is 11.6 Å². The molecule has 0 aliphatic heterocycles. The van der Waals surface area contributed by atoms with Crippen molar-refractivity contribution in [3.8, 4) is 0 Å². The van der Waals surface area contributed by atoms with Gasteiger partial charge in [-0.25, -0.2) is 4.39 Å². The van der Waals surface area contributed by atoms with Gasteiger partial charge < -0.3 is 4.74 Å². The average molecular weight is 163 g/mol. The molecule has 0 rings (SSSR count). The minimum absolute atomic E-state index is 0.0277. The first-order chi connectivity index (χ1) is 4.63. The lowest BCUT2D eigenvalue weighted by atomic mass is 10.4. The van der Waals surface area contributed by atoms with E-state index in [0.29, 0.717) is 0 Å². The van der Waals surface area contributed by atoms with Gasteiger partial charge in [0.05, 0.1) is 12.1 Å². The minimum Gasteiger partial charge on any atom is -0.492 e. The number of rotatable bonds is 3. The van der Waals surface area contributed by atoms with Crippen molar-refractivity contribution in [1.82, 2.24) is 0 Å². The van der Waals surface area contributed by atoms with Crippen LogP contribution < -0.4 is 0 Å². The van der Waals surface area contributed by atoms with E-state index >= 15 is 0 Å². The van der Waals surface area contributed by atoms with E-state index in [2.05, 4.69) is 17.9 Å². The van der Waals surface area contributed by atoms with Gasteiger partial charge in [-0.3, -0.25) is 0 Å². The first-order valence-electron chi connectivity index (χ1n) is 2.54. The fourth-order valence-electron chi connectivity index (χ4n) is 0.431. The molecule has 56 valence electrons. The Kier molecular flexibility index (Phi) is 3.81. The van der Waals surface area contributed by atoms with Crippen molar-refractivity contribution in [2.24, 2.45) is 0 Å². The highest BCUT2D eigenvalue weighted by atomic mass is 35.5. The van der Waals surface area contributed by atoms with E-state index in [1.165, 1.54) is 7.11 Å². The quantitative estimate of drug-likeness (QED) is 0.458.